The molecule has 2 saturated heterocycles. The van der Waals surface area contributed by atoms with Crippen molar-refractivity contribution < 1.29 is 9.53 Å². The highest BCUT2D eigenvalue weighted by Gasteiger charge is 2.25. The molecule has 29 heavy (non-hydrogen) atoms. The van der Waals surface area contributed by atoms with Crippen LogP contribution < -0.4 is 15.5 Å². The summed E-state index contributed by atoms with van der Waals surface area (Å²) < 4.78 is 5.37. The van der Waals surface area contributed by atoms with E-state index < -0.39 is 0 Å². The monoisotopic (exact) mass is 395 g/mol. The van der Waals surface area contributed by atoms with Crippen LogP contribution in [0.2, 0.25) is 0 Å². The molecule has 2 aliphatic rings. The standard InChI is InChI=1S/C22H29N5O2/c28-22(25-9-11-26-13-15-29-16-14-26)19-7-4-8-24-21(19)27-12-10-23-20(17-27)18-5-2-1-3-6-18/h1-8,20,23H,9-17H2,(H,25,28). The summed E-state index contributed by atoms with van der Waals surface area (Å²) in [6.07, 6.45) is 1.76. The Morgan fingerprint density at radius 3 is 2.79 bits per heavy atom. The smallest absolute Gasteiger partial charge is 0.255 e. The van der Waals surface area contributed by atoms with Gasteiger partial charge in [-0.2, -0.15) is 0 Å². The minimum Gasteiger partial charge on any atom is -0.379 e. The van der Waals surface area contributed by atoms with E-state index in [1.807, 2.05) is 18.2 Å². The predicted octanol–water partition coefficient (Wildman–Crippen LogP) is 1.29. The van der Waals surface area contributed by atoms with Crippen molar-refractivity contribution >= 4 is 11.7 Å². The molecule has 154 valence electrons. The predicted molar refractivity (Wildman–Crippen MR) is 113 cm³/mol. The zero-order chi connectivity index (χ0) is 19.9. The molecule has 1 aromatic carbocycles. The SMILES string of the molecule is O=C(NCCN1CCOCC1)c1cccnc1N1CCNC(c2ccccc2)C1. The molecular formula is C22H29N5O2. The molecule has 2 aliphatic heterocycles. The first-order valence-corrected chi connectivity index (χ1v) is 10.4. The van der Waals surface area contributed by atoms with Gasteiger partial charge in [-0.25, -0.2) is 4.98 Å². The number of carbonyl (C=O) groups is 1. The summed E-state index contributed by atoms with van der Waals surface area (Å²) in [5.74, 6) is 0.704. The van der Waals surface area contributed by atoms with E-state index in [1.54, 1.807) is 6.20 Å². The number of amides is 1. The van der Waals surface area contributed by atoms with Gasteiger partial charge in [0.1, 0.15) is 5.82 Å². The third-order valence-corrected chi connectivity index (χ3v) is 5.53. The zero-order valence-corrected chi connectivity index (χ0v) is 16.7. The number of pyridine rings is 1. The van der Waals surface area contributed by atoms with Gasteiger partial charge in [-0.3, -0.25) is 9.69 Å². The van der Waals surface area contributed by atoms with Crippen molar-refractivity contribution in [3.05, 3.63) is 59.8 Å². The van der Waals surface area contributed by atoms with E-state index in [9.17, 15) is 4.79 Å². The quantitative estimate of drug-likeness (QED) is 0.768. The van der Waals surface area contributed by atoms with Crippen LogP contribution in [-0.2, 0) is 4.74 Å². The van der Waals surface area contributed by atoms with Gasteiger partial charge in [0.15, 0.2) is 0 Å². The molecule has 1 unspecified atom stereocenters. The lowest BCUT2D eigenvalue weighted by molar-refractivity contribution is 0.0383. The number of rotatable bonds is 6. The van der Waals surface area contributed by atoms with Crippen LogP contribution in [0.3, 0.4) is 0 Å². The topological polar surface area (TPSA) is 69.7 Å². The van der Waals surface area contributed by atoms with Crippen molar-refractivity contribution in [2.75, 3.05) is 63.9 Å². The summed E-state index contributed by atoms with van der Waals surface area (Å²) in [5, 5.41) is 6.63. The average molecular weight is 396 g/mol. The Hall–Kier alpha value is -2.48. The van der Waals surface area contributed by atoms with Gasteiger partial charge < -0.3 is 20.3 Å². The Balaban J connectivity index is 1.40. The second kappa shape index (κ2) is 9.82. The first-order chi connectivity index (χ1) is 14.3. The molecule has 2 fully saturated rings. The molecule has 2 N–H and O–H groups in total. The van der Waals surface area contributed by atoms with E-state index >= 15 is 0 Å². The van der Waals surface area contributed by atoms with Crippen molar-refractivity contribution in [2.24, 2.45) is 0 Å². The summed E-state index contributed by atoms with van der Waals surface area (Å²) >= 11 is 0. The highest BCUT2D eigenvalue weighted by atomic mass is 16.5. The highest BCUT2D eigenvalue weighted by molar-refractivity contribution is 5.98. The molecular weight excluding hydrogens is 366 g/mol. The highest BCUT2D eigenvalue weighted by Crippen LogP contribution is 2.23. The van der Waals surface area contributed by atoms with Crippen LogP contribution in [0.25, 0.3) is 0 Å². The largest absolute Gasteiger partial charge is 0.379 e. The molecule has 0 aliphatic carbocycles. The lowest BCUT2D eigenvalue weighted by Gasteiger charge is -2.35. The molecule has 4 rings (SSSR count). The number of carbonyl (C=O) groups excluding carboxylic acids is 1. The molecule has 1 atom stereocenters. The normalized spacial score (nSPS) is 20.4. The van der Waals surface area contributed by atoms with Crippen molar-refractivity contribution in [1.82, 2.24) is 20.5 Å². The number of nitrogens with one attached hydrogen (secondary N) is 2. The maximum Gasteiger partial charge on any atom is 0.255 e. The van der Waals surface area contributed by atoms with Gasteiger partial charge in [-0.1, -0.05) is 30.3 Å². The molecule has 2 aromatic rings. The fraction of sp³-hybridized carbons (Fsp3) is 0.455. The lowest BCUT2D eigenvalue weighted by atomic mass is 10.0. The molecule has 0 bridgehead atoms. The van der Waals surface area contributed by atoms with Crippen LogP contribution in [0.5, 0.6) is 0 Å². The van der Waals surface area contributed by atoms with Crippen LogP contribution in [0.15, 0.2) is 48.7 Å². The molecule has 7 heteroatoms. The first-order valence-electron chi connectivity index (χ1n) is 10.4. The van der Waals surface area contributed by atoms with Crippen molar-refractivity contribution in [2.45, 2.75) is 6.04 Å². The number of benzene rings is 1. The van der Waals surface area contributed by atoms with Crippen LogP contribution in [-0.4, -0.2) is 74.8 Å². The molecule has 0 spiro atoms. The molecule has 1 aromatic heterocycles. The minimum atomic E-state index is -0.0591. The van der Waals surface area contributed by atoms with Gasteiger partial charge in [0.25, 0.3) is 5.91 Å². The Morgan fingerprint density at radius 1 is 1.14 bits per heavy atom. The van der Waals surface area contributed by atoms with E-state index in [2.05, 4.69) is 49.7 Å². The van der Waals surface area contributed by atoms with Crippen LogP contribution in [0, 0.1) is 0 Å². The van der Waals surface area contributed by atoms with Crippen LogP contribution in [0.4, 0.5) is 5.82 Å². The van der Waals surface area contributed by atoms with Crippen molar-refractivity contribution in [1.29, 1.82) is 0 Å². The zero-order valence-electron chi connectivity index (χ0n) is 16.7. The molecule has 3 heterocycles. The van der Waals surface area contributed by atoms with Crippen LogP contribution in [0.1, 0.15) is 22.0 Å². The third-order valence-electron chi connectivity index (χ3n) is 5.53. The van der Waals surface area contributed by atoms with Gasteiger partial charge >= 0.3 is 0 Å². The van der Waals surface area contributed by atoms with Gasteiger partial charge in [0.2, 0.25) is 0 Å². The van der Waals surface area contributed by atoms with E-state index in [-0.39, 0.29) is 11.9 Å². The average Bonchev–Trinajstić information content (AvgIpc) is 2.80. The summed E-state index contributed by atoms with van der Waals surface area (Å²) in [7, 11) is 0. The van der Waals surface area contributed by atoms with Gasteiger partial charge in [-0.15, -0.1) is 0 Å². The van der Waals surface area contributed by atoms with Gasteiger partial charge in [0, 0.05) is 58.1 Å². The summed E-state index contributed by atoms with van der Waals surface area (Å²) in [4.78, 5) is 22.0. The van der Waals surface area contributed by atoms with E-state index in [0.717, 1.165) is 58.3 Å². The van der Waals surface area contributed by atoms with E-state index in [4.69, 9.17) is 4.74 Å². The Labute approximate surface area is 172 Å². The summed E-state index contributed by atoms with van der Waals surface area (Å²) in [5.41, 5.74) is 1.90. The van der Waals surface area contributed by atoms with E-state index in [1.165, 1.54) is 5.56 Å². The molecule has 7 nitrogen and oxygen atoms in total. The lowest BCUT2D eigenvalue weighted by Crippen LogP contribution is -2.47. The summed E-state index contributed by atoms with van der Waals surface area (Å²) in [6.45, 7) is 7.33. The van der Waals surface area contributed by atoms with Gasteiger partial charge in [-0.05, 0) is 17.7 Å². The first kappa shape index (κ1) is 19.8. The van der Waals surface area contributed by atoms with Crippen molar-refractivity contribution in [3.63, 3.8) is 0 Å². The second-order valence-corrected chi connectivity index (χ2v) is 7.45. The fourth-order valence-electron chi connectivity index (χ4n) is 3.92. The Kier molecular flexibility index (Phi) is 6.71. The fourth-order valence-corrected chi connectivity index (χ4v) is 3.92. The number of piperazine rings is 1. The minimum absolute atomic E-state index is 0.0591. The number of ether oxygens (including phenoxy) is 1. The molecule has 0 saturated carbocycles. The third kappa shape index (κ3) is 5.12. The Morgan fingerprint density at radius 2 is 1.97 bits per heavy atom. The van der Waals surface area contributed by atoms with Crippen LogP contribution >= 0.6 is 0 Å². The maximum absolute atomic E-state index is 12.9. The second-order valence-electron chi connectivity index (χ2n) is 7.45. The number of hydrogen-bond acceptors (Lipinski definition) is 6. The molecule has 1 amide bonds. The maximum atomic E-state index is 12.9. The summed E-state index contributed by atoms with van der Waals surface area (Å²) in [6, 6.07) is 14.3. The van der Waals surface area contributed by atoms with Crippen molar-refractivity contribution in [3.8, 4) is 0 Å². The van der Waals surface area contributed by atoms with Gasteiger partial charge in [0.05, 0.1) is 18.8 Å². The molecule has 0 radical (unpaired) electrons. The number of nitrogens with zero attached hydrogens (tertiary/aromatic N) is 3. The van der Waals surface area contributed by atoms with E-state index in [0.29, 0.717) is 12.1 Å². The number of hydrogen-bond donors (Lipinski definition) is 2. The Bertz CT molecular complexity index is 795. The number of morpholine rings is 1. The number of aromatic nitrogens is 1. The number of anilines is 1.